The Hall–Kier alpha value is -1.54. The fourth-order valence-corrected chi connectivity index (χ4v) is 2.18. The van der Waals surface area contributed by atoms with Crippen LogP contribution in [0.4, 0.5) is 0 Å². The van der Waals surface area contributed by atoms with E-state index in [4.69, 9.17) is 4.74 Å². The molecule has 0 spiro atoms. The van der Waals surface area contributed by atoms with Crippen LogP contribution in [0.5, 0.6) is 5.75 Å². The van der Waals surface area contributed by atoms with Gasteiger partial charge in [-0.15, -0.1) is 6.58 Å². The highest BCUT2D eigenvalue weighted by Crippen LogP contribution is 2.23. The number of benzene rings is 1. The van der Waals surface area contributed by atoms with Crippen LogP contribution in [0.15, 0.2) is 43.0 Å². The molecule has 0 saturated heterocycles. The van der Waals surface area contributed by atoms with Crippen molar-refractivity contribution < 1.29 is 4.74 Å². The lowest BCUT2D eigenvalue weighted by atomic mass is 10.0. The van der Waals surface area contributed by atoms with Crippen LogP contribution in [0.1, 0.15) is 12.0 Å². The summed E-state index contributed by atoms with van der Waals surface area (Å²) in [6, 6.07) is 8.27. The van der Waals surface area contributed by atoms with Gasteiger partial charge in [0, 0.05) is 19.6 Å². The lowest BCUT2D eigenvalue weighted by Crippen LogP contribution is -2.29. The molecule has 0 fully saturated rings. The molecule has 1 aliphatic heterocycles. The molecule has 0 unspecified atom stereocenters. The average molecular weight is 229 g/mol. The summed E-state index contributed by atoms with van der Waals surface area (Å²) in [5.41, 5.74) is 2.65. The van der Waals surface area contributed by atoms with E-state index in [9.17, 15) is 0 Å². The average Bonchev–Trinajstić information content (AvgIpc) is 2.40. The van der Waals surface area contributed by atoms with Crippen LogP contribution in [0.3, 0.4) is 0 Å². The lowest BCUT2D eigenvalue weighted by Gasteiger charge is -2.26. The van der Waals surface area contributed by atoms with Gasteiger partial charge in [0.05, 0.1) is 7.11 Å². The number of hydrogen-bond acceptors (Lipinski definition) is 2. The van der Waals surface area contributed by atoms with Crippen LogP contribution >= 0.6 is 0 Å². The van der Waals surface area contributed by atoms with E-state index in [1.165, 1.54) is 11.1 Å². The summed E-state index contributed by atoms with van der Waals surface area (Å²) < 4.78 is 5.26. The SMILES string of the molecule is C=CCN1CCC=C(c2cccc(OC)c2)C1. The van der Waals surface area contributed by atoms with Crippen molar-refractivity contribution in [2.45, 2.75) is 6.42 Å². The lowest BCUT2D eigenvalue weighted by molar-refractivity contribution is 0.337. The Labute approximate surface area is 103 Å². The minimum atomic E-state index is 0.921. The first kappa shape index (κ1) is 11.9. The molecule has 0 aliphatic carbocycles. The van der Waals surface area contributed by atoms with Gasteiger partial charge in [0.15, 0.2) is 0 Å². The molecule has 17 heavy (non-hydrogen) atoms. The third-order valence-corrected chi connectivity index (χ3v) is 3.06. The quantitative estimate of drug-likeness (QED) is 0.736. The van der Waals surface area contributed by atoms with Crippen LogP contribution in [0, 0.1) is 0 Å². The second kappa shape index (κ2) is 5.69. The highest BCUT2D eigenvalue weighted by Gasteiger charge is 2.12. The largest absolute Gasteiger partial charge is 0.497 e. The molecule has 2 heteroatoms. The smallest absolute Gasteiger partial charge is 0.119 e. The zero-order valence-electron chi connectivity index (χ0n) is 10.4. The van der Waals surface area contributed by atoms with Gasteiger partial charge in [-0.1, -0.05) is 24.3 Å². The van der Waals surface area contributed by atoms with Crippen molar-refractivity contribution in [2.75, 3.05) is 26.7 Å². The van der Waals surface area contributed by atoms with Gasteiger partial charge >= 0.3 is 0 Å². The first-order valence-corrected chi connectivity index (χ1v) is 6.00. The maximum atomic E-state index is 5.26. The van der Waals surface area contributed by atoms with Crippen LogP contribution in [0.25, 0.3) is 5.57 Å². The summed E-state index contributed by atoms with van der Waals surface area (Å²) in [4.78, 5) is 2.40. The van der Waals surface area contributed by atoms with Gasteiger partial charge in [0.1, 0.15) is 5.75 Å². The highest BCUT2D eigenvalue weighted by atomic mass is 16.5. The van der Waals surface area contributed by atoms with Gasteiger partial charge in [-0.25, -0.2) is 0 Å². The molecule has 1 aromatic carbocycles. The second-order valence-electron chi connectivity index (χ2n) is 4.27. The number of ether oxygens (including phenoxy) is 1. The fourth-order valence-electron chi connectivity index (χ4n) is 2.18. The monoisotopic (exact) mass is 229 g/mol. The molecule has 1 heterocycles. The van der Waals surface area contributed by atoms with Gasteiger partial charge in [0.25, 0.3) is 0 Å². The predicted molar refractivity (Wildman–Crippen MR) is 72.2 cm³/mol. The van der Waals surface area contributed by atoms with Crippen LogP contribution in [0.2, 0.25) is 0 Å². The molecular weight excluding hydrogens is 210 g/mol. The third-order valence-electron chi connectivity index (χ3n) is 3.06. The van der Waals surface area contributed by atoms with Crippen molar-refractivity contribution >= 4 is 5.57 Å². The predicted octanol–water partition coefficient (Wildman–Crippen LogP) is 2.97. The summed E-state index contributed by atoms with van der Waals surface area (Å²) in [7, 11) is 1.71. The molecular formula is C15H19NO. The minimum Gasteiger partial charge on any atom is -0.497 e. The van der Waals surface area contributed by atoms with E-state index in [1.807, 2.05) is 18.2 Å². The van der Waals surface area contributed by atoms with Gasteiger partial charge < -0.3 is 4.74 Å². The zero-order valence-corrected chi connectivity index (χ0v) is 10.4. The normalized spacial score (nSPS) is 16.4. The van der Waals surface area contributed by atoms with Crippen molar-refractivity contribution in [2.24, 2.45) is 0 Å². The van der Waals surface area contributed by atoms with Crippen molar-refractivity contribution in [3.63, 3.8) is 0 Å². The Morgan fingerprint density at radius 2 is 2.35 bits per heavy atom. The summed E-state index contributed by atoms with van der Waals surface area (Å²) in [6.45, 7) is 6.88. The summed E-state index contributed by atoms with van der Waals surface area (Å²) in [5, 5.41) is 0. The van der Waals surface area contributed by atoms with Crippen molar-refractivity contribution in [3.8, 4) is 5.75 Å². The molecule has 2 rings (SSSR count). The second-order valence-corrected chi connectivity index (χ2v) is 4.27. The van der Waals surface area contributed by atoms with Crippen molar-refractivity contribution in [1.82, 2.24) is 4.90 Å². The zero-order chi connectivity index (χ0) is 12.1. The molecule has 2 nitrogen and oxygen atoms in total. The van der Waals surface area contributed by atoms with E-state index in [-0.39, 0.29) is 0 Å². The van der Waals surface area contributed by atoms with E-state index in [0.29, 0.717) is 0 Å². The van der Waals surface area contributed by atoms with Crippen LogP contribution in [-0.2, 0) is 0 Å². The highest BCUT2D eigenvalue weighted by molar-refractivity contribution is 5.68. The first-order chi connectivity index (χ1) is 8.33. The Kier molecular flexibility index (Phi) is 3.99. The fraction of sp³-hybridized carbons (Fsp3) is 0.333. The van der Waals surface area contributed by atoms with Crippen molar-refractivity contribution in [1.29, 1.82) is 0 Å². The first-order valence-electron chi connectivity index (χ1n) is 6.00. The van der Waals surface area contributed by atoms with Crippen LogP contribution in [-0.4, -0.2) is 31.6 Å². The number of nitrogens with zero attached hydrogens (tertiary/aromatic N) is 1. The van der Waals surface area contributed by atoms with Gasteiger partial charge in [-0.05, 0) is 29.7 Å². The number of hydrogen-bond donors (Lipinski definition) is 0. The van der Waals surface area contributed by atoms with Gasteiger partial charge in [-0.3, -0.25) is 4.90 Å². The van der Waals surface area contributed by atoms with Gasteiger partial charge in [0.2, 0.25) is 0 Å². The third kappa shape index (κ3) is 2.98. The minimum absolute atomic E-state index is 0.921. The van der Waals surface area contributed by atoms with E-state index in [0.717, 1.165) is 31.8 Å². The Balaban J connectivity index is 2.15. The molecule has 0 N–H and O–H groups in total. The van der Waals surface area contributed by atoms with E-state index >= 15 is 0 Å². The molecule has 90 valence electrons. The van der Waals surface area contributed by atoms with Gasteiger partial charge in [-0.2, -0.15) is 0 Å². The van der Waals surface area contributed by atoms with E-state index < -0.39 is 0 Å². The topological polar surface area (TPSA) is 12.5 Å². The maximum Gasteiger partial charge on any atom is 0.119 e. The van der Waals surface area contributed by atoms with E-state index in [1.54, 1.807) is 7.11 Å². The number of methoxy groups -OCH3 is 1. The molecule has 0 saturated carbocycles. The Morgan fingerprint density at radius 1 is 1.47 bits per heavy atom. The standard InChI is InChI=1S/C15H19NO/c1-3-9-16-10-5-7-14(12-16)13-6-4-8-15(11-13)17-2/h3-4,6-8,11H,1,5,9-10,12H2,2H3. The summed E-state index contributed by atoms with van der Waals surface area (Å²) >= 11 is 0. The number of rotatable bonds is 4. The summed E-state index contributed by atoms with van der Waals surface area (Å²) in [5.74, 6) is 0.921. The maximum absolute atomic E-state index is 5.26. The molecule has 0 bridgehead atoms. The summed E-state index contributed by atoms with van der Waals surface area (Å²) in [6.07, 6.45) is 5.41. The Morgan fingerprint density at radius 3 is 3.12 bits per heavy atom. The molecule has 1 aliphatic rings. The van der Waals surface area contributed by atoms with Crippen LogP contribution < -0.4 is 4.74 Å². The Bertz CT molecular complexity index is 423. The molecule has 1 aromatic rings. The molecule has 0 amide bonds. The van der Waals surface area contributed by atoms with E-state index in [2.05, 4.69) is 29.7 Å². The molecule has 0 radical (unpaired) electrons. The molecule has 0 aromatic heterocycles. The molecule has 0 atom stereocenters. The van der Waals surface area contributed by atoms with Crippen molar-refractivity contribution in [3.05, 3.63) is 48.6 Å².